The van der Waals surface area contributed by atoms with E-state index in [1.54, 1.807) is 12.1 Å². The molecule has 0 unspecified atom stereocenters. The summed E-state index contributed by atoms with van der Waals surface area (Å²) in [6.45, 7) is 0. The molecule has 0 amide bonds. The van der Waals surface area contributed by atoms with E-state index in [4.69, 9.17) is 4.74 Å². The third-order valence-corrected chi connectivity index (χ3v) is 5.79. The lowest BCUT2D eigenvalue weighted by Crippen LogP contribution is -2.49. The first-order chi connectivity index (χ1) is 13.2. The molecule has 0 aromatic heterocycles. The molecule has 1 fully saturated rings. The second kappa shape index (κ2) is 5.92. The first-order valence-corrected chi connectivity index (χ1v) is 9.18. The predicted octanol–water partition coefficient (Wildman–Crippen LogP) is 4.54. The zero-order valence-corrected chi connectivity index (χ0v) is 14.7. The van der Waals surface area contributed by atoms with Crippen LogP contribution in [0.25, 0.3) is 0 Å². The maximum absolute atomic E-state index is 13.4. The van der Waals surface area contributed by atoms with E-state index in [-0.39, 0.29) is 23.4 Å². The Morgan fingerprint density at radius 3 is 2.00 bits per heavy atom. The summed E-state index contributed by atoms with van der Waals surface area (Å²) < 4.78 is 6.20. The third-order valence-electron chi connectivity index (χ3n) is 5.79. The van der Waals surface area contributed by atoms with Crippen molar-refractivity contribution in [3.05, 3.63) is 102 Å². The minimum absolute atomic E-state index is 0.0978. The van der Waals surface area contributed by atoms with Crippen LogP contribution in [0.15, 0.2) is 84.9 Å². The fraction of sp³-hybridized carbons (Fsp3) is 0.167. The molecule has 0 bridgehead atoms. The SMILES string of the molecule is O=C1C[C@H](c2ccccc2)[C@@H](c2ccccc2)[C@]12Oc1ccccc1C2=O. The molecule has 132 valence electrons. The van der Waals surface area contributed by atoms with Crippen LogP contribution in [0.3, 0.4) is 0 Å². The number of Topliss-reactive ketones (excluding diaryl/α,β-unsaturated/α-hetero) is 2. The van der Waals surface area contributed by atoms with Crippen LogP contribution in [0.2, 0.25) is 0 Å². The highest BCUT2D eigenvalue weighted by Crippen LogP contribution is 2.56. The number of ether oxygens (including phenoxy) is 1. The van der Waals surface area contributed by atoms with Gasteiger partial charge in [-0.25, -0.2) is 0 Å². The maximum atomic E-state index is 13.4. The summed E-state index contributed by atoms with van der Waals surface area (Å²) >= 11 is 0. The average Bonchev–Trinajstić information content (AvgIpc) is 3.19. The molecular formula is C24H18O3. The lowest BCUT2D eigenvalue weighted by molar-refractivity contribution is -0.127. The van der Waals surface area contributed by atoms with E-state index >= 15 is 0 Å². The number of carbonyl (C=O) groups excluding carboxylic acids is 2. The monoisotopic (exact) mass is 354 g/mol. The zero-order chi connectivity index (χ0) is 18.4. The third kappa shape index (κ3) is 2.21. The smallest absolute Gasteiger partial charge is 0.236 e. The largest absolute Gasteiger partial charge is 0.470 e. The molecule has 3 aromatic carbocycles. The maximum Gasteiger partial charge on any atom is 0.236 e. The van der Waals surface area contributed by atoms with Crippen LogP contribution in [0.4, 0.5) is 0 Å². The molecule has 3 heteroatoms. The van der Waals surface area contributed by atoms with Gasteiger partial charge in [-0.2, -0.15) is 0 Å². The zero-order valence-electron chi connectivity index (χ0n) is 14.7. The Hall–Kier alpha value is -3.20. The van der Waals surface area contributed by atoms with Gasteiger partial charge in [-0.15, -0.1) is 0 Å². The summed E-state index contributed by atoms with van der Waals surface area (Å²) in [6.07, 6.45) is 0.295. The van der Waals surface area contributed by atoms with E-state index in [9.17, 15) is 9.59 Å². The topological polar surface area (TPSA) is 43.4 Å². The van der Waals surface area contributed by atoms with Crippen LogP contribution in [-0.2, 0) is 4.79 Å². The Labute approximate surface area is 157 Å². The Morgan fingerprint density at radius 1 is 0.741 bits per heavy atom. The van der Waals surface area contributed by atoms with E-state index in [0.717, 1.165) is 11.1 Å². The van der Waals surface area contributed by atoms with Crippen LogP contribution < -0.4 is 4.74 Å². The Balaban J connectivity index is 1.71. The van der Waals surface area contributed by atoms with Crippen molar-refractivity contribution in [1.82, 2.24) is 0 Å². The summed E-state index contributed by atoms with van der Waals surface area (Å²) in [5.41, 5.74) is 1.05. The van der Waals surface area contributed by atoms with E-state index in [2.05, 4.69) is 0 Å². The van der Waals surface area contributed by atoms with Gasteiger partial charge in [0.15, 0.2) is 5.78 Å². The van der Waals surface area contributed by atoms with Gasteiger partial charge in [0.05, 0.1) is 5.56 Å². The number of benzene rings is 3. The molecule has 1 spiro atoms. The quantitative estimate of drug-likeness (QED) is 0.635. The molecule has 2 aliphatic rings. The van der Waals surface area contributed by atoms with Crippen molar-refractivity contribution in [3.8, 4) is 5.75 Å². The molecule has 27 heavy (non-hydrogen) atoms. The van der Waals surface area contributed by atoms with Gasteiger partial charge in [0.2, 0.25) is 11.4 Å². The van der Waals surface area contributed by atoms with Crippen molar-refractivity contribution in [2.75, 3.05) is 0 Å². The summed E-state index contributed by atoms with van der Waals surface area (Å²) in [5.74, 6) is -0.292. The van der Waals surface area contributed by atoms with Gasteiger partial charge in [0, 0.05) is 18.3 Å². The van der Waals surface area contributed by atoms with Gasteiger partial charge >= 0.3 is 0 Å². The van der Waals surface area contributed by atoms with E-state index in [0.29, 0.717) is 17.7 Å². The first-order valence-electron chi connectivity index (χ1n) is 9.18. The standard InChI is InChI=1S/C24H18O3/c25-21-15-19(16-9-3-1-4-10-16)22(17-11-5-2-6-12-17)24(21)23(26)18-13-7-8-14-20(18)27-24/h1-14,19,22H,15H2/t19-,22-,24-/m1/s1. The number of fused-ring (bicyclic) bond motifs is 1. The number of para-hydroxylation sites is 1. The highest BCUT2D eigenvalue weighted by atomic mass is 16.5. The van der Waals surface area contributed by atoms with Gasteiger partial charge in [-0.3, -0.25) is 9.59 Å². The molecule has 0 saturated heterocycles. The fourth-order valence-electron chi connectivity index (χ4n) is 4.62. The molecule has 3 aromatic rings. The summed E-state index contributed by atoms with van der Waals surface area (Å²) in [4.78, 5) is 26.7. The molecule has 1 heterocycles. The van der Waals surface area contributed by atoms with Gasteiger partial charge < -0.3 is 4.74 Å². The van der Waals surface area contributed by atoms with Gasteiger partial charge in [0.25, 0.3) is 0 Å². The van der Waals surface area contributed by atoms with Gasteiger partial charge in [-0.05, 0) is 23.3 Å². The summed E-state index contributed by atoms with van der Waals surface area (Å²) in [6, 6.07) is 26.9. The summed E-state index contributed by atoms with van der Waals surface area (Å²) in [7, 11) is 0. The van der Waals surface area contributed by atoms with Crippen LogP contribution in [0.1, 0.15) is 39.7 Å². The molecule has 0 radical (unpaired) electrons. The molecule has 5 rings (SSSR count). The van der Waals surface area contributed by atoms with Crippen LogP contribution >= 0.6 is 0 Å². The predicted molar refractivity (Wildman–Crippen MR) is 102 cm³/mol. The van der Waals surface area contributed by atoms with E-state index in [1.165, 1.54) is 0 Å². The molecule has 1 aliphatic heterocycles. The van der Waals surface area contributed by atoms with Crippen molar-refractivity contribution in [1.29, 1.82) is 0 Å². The molecule has 0 N–H and O–H groups in total. The first kappa shape index (κ1) is 16.0. The number of carbonyl (C=O) groups is 2. The lowest BCUT2D eigenvalue weighted by Gasteiger charge is -2.31. The van der Waals surface area contributed by atoms with Crippen molar-refractivity contribution >= 4 is 11.6 Å². The number of hydrogen-bond acceptors (Lipinski definition) is 3. The lowest BCUT2D eigenvalue weighted by atomic mass is 9.75. The molecule has 1 aliphatic carbocycles. The van der Waals surface area contributed by atoms with E-state index < -0.39 is 5.60 Å². The number of rotatable bonds is 2. The van der Waals surface area contributed by atoms with Crippen LogP contribution in [-0.4, -0.2) is 17.2 Å². The average molecular weight is 354 g/mol. The van der Waals surface area contributed by atoms with Crippen molar-refractivity contribution in [2.45, 2.75) is 23.9 Å². The molecule has 3 atom stereocenters. The minimum Gasteiger partial charge on any atom is -0.470 e. The van der Waals surface area contributed by atoms with E-state index in [1.807, 2.05) is 72.8 Å². The molecule has 1 saturated carbocycles. The van der Waals surface area contributed by atoms with Crippen LogP contribution in [0, 0.1) is 0 Å². The minimum atomic E-state index is -1.47. The molecular weight excluding hydrogens is 336 g/mol. The number of hydrogen-bond donors (Lipinski definition) is 0. The fourth-order valence-corrected chi connectivity index (χ4v) is 4.62. The Bertz CT molecular complexity index is 1030. The van der Waals surface area contributed by atoms with Gasteiger partial charge in [-0.1, -0.05) is 72.8 Å². The Kier molecular flexibility index (Phi) is 3.51. The Morgan fingerprint density at radius 2 is 1.33 bits per heavy atom. The van der Waals surface area contributed by atoms with Crippen molar-refractivity contribution in [2.24, 2.45) is 0 Å². The highest BCUT2D eigenvalue weighted by molar-refractivity contribution is 6.23. The van der Waals surface area contributed by atoms with Crippen molar-refractivity contribution < 1.29 is 14.3 Å². The highest BCUT2D eigenvalue weighted by Gasteiger charge is 2.65. The second-order valence-electron chi connectivity index (χ2n) is 7.20. The normalized spacial score (nSPS) is 26.2. The van der Waals surface area contributed by atoms with Crippen molar-refractivity contribution in [3.63, 3.8) is 0 Å². The second-order valence-corrected chi connectivity index (χ2v) is 7.20. The van der Waals surface area contributed by atoms with Gasteiger partial charge in [0.1, 0.15) is 5.75 Å². The molecule has 3 nitrogen and oxygen atoms in total. The van der Waals surface area contributed by atoms with Crippen LogP contribution in [0.5, 0.6) is 5.75 Å². The summed E-state index contributed by atoms with van der Waals surface area (Å²) in [5, 5.41) is 0. The number of ketones is 2.